The SMILES string of the molecule is CS(=O)c1cccc2c3c(ccc12)C1=C(CCC=C1)CC3. The zero-order chi connectivity index (χ0) is 14.4. The van der Waals surface area contributed by atoms with Crippen LogP contribution in [0.2, 0.25) is 0 Å². The Hall–Kier alpha value is -1.67. The Morgan fingerprint density at radius 1 is 1.00 bits per heavy atom. The van der Waals surface area contributed by atoms with Crippen LogP contribution >= 0.6 is 0 Å². The highest BCUT2D eigenvalue weighted by Crippen LogP contribution is 2.40. The maximum absolute atomic E-state index is 11.9. The molecular weight excluding hydrogens is 276 g/mol. The van der Waals surface area contributed by atoms with Gasteiger partial charge in [-0.2, -0.15) is 0 Å². The molecular formula is C19H18OS. The van der Waals surface area contributed by atoms with Gasteiger partial charge in [0.15, 0.2) is 0 Å². The first-order valence-electron chi connectivity index (χ1n) is 7.52. The first-order chi connectivity index (χ1) is 10.3. The average Bonchev–Trinajstić information content (AvgIpc) is 2.53. The zero-order valence-corrected chi connectivity index (χ0v) is 13.0. The Morgan fingerprint density at radius 2 is 1.90 bits per heavy atom. The van der Waals surface area contributed by atoms with E-state index < -0.39 is 10.8 Å². The molecule has 0 saturated heterocycles. The summed E-state index contributed by atoms with van der Waals surface area (Å²) < 4.78 is 11.9. The lowest BCUT2D eigenvalue weighted by atomic mass is 9.79. The summed E-state index contributed by atoms with van der Waals surface area (Å²) in [4.78, 5) is 0.953. The van der Waals surface area contributed by atoms with Gasteiger partial charge in [0.25, 0.3) is 0 Å². The third-order valence-corrected chi connectivity index (χ3v) is 5.66. The van der Waals surface area contributed by atoms with Crippen LogP contribution in [-0.2, 0) is 17.2 Å². The first kappa shape index (κ1) is 13.0. The van der Waals surface area contributed by atoms with Crippen molar-refractivity contribution in [3.63, 3.8) is 0 Å². The second-order valence-corrected chi connectivity index (χ2v) is 7.20. The third kappa shape index (κ3) is 2.01. The topological polar surface area (TPSA) is 17.1 Å². The lowest BCUT2D eigenvalue weighted by molar-refractivity contribution is 0.687. The highest BCUT2D eigenvalue weighted by Gasteiger charge is 2.21. The molecule has 106 valence electrons. The van der Waals surface area contributed by atoms with Crippen molar-refractivity contribution in [2.24, 2.45) is 0 Å². The van der Waals surface area contributed by atoms with E-state index in [1.165, 1.54) is 41.3 Å². The third-order valence-electron chi connectivity index (χ3n) is 4.69. The Morgan fingerprint density at radius 3 is 2.76 bits per heavy atom. The Balaban J connectivity index is 2.01. The summed E-state index contributed by atoms with van der Waals surface area (Å²) in [6.45, 7) is 0. The van der Waals surface area contributed by atoms with Gasteiger partial charge >= 0.3 is 0 Å². The Bertz CT molecular complexity index is 827. The average molecular weight is 294 g/mol. The van der Waals surface area contributed by atoms with Crippen LogP contribution in [0.4, 0.5) is 0 Å². The second kappa shape index (κ2) is 4.96. The number of benzene rings is 2. The van der Waals surface area contributed by atoms with Crippen LogP contribution in [0, 0.1) is 0 Å². The van der Waals surface area contributed by atoms with E-state index in [-0.39, 0.29) is 0 Å². The molecule has 2 aliphatic carbocycles. The summed E-state index contributed by atoms with van der Waals surface area (Å²) in [5.41, 5.74) is 5.87. The van der Waals surface area contributed by atoms with Crippen molar-refractivity contribution < 1.29 is 4.21 Å². The lowest BCUT2D eigenvalue weighted by Gasteiger charge is -2.25. The monoisotopic (exact) mass is 294 g/mol. The van der Waals surface area contributed by atoms with E-state index in [2.05, 4.69) is 30.4 Å². The van der Waals surface area contributed by atoms with Gasteiger partial charge in [-0.15, -0.1) is 0 Å². The van der Waals surface area contributed by atoms with E-state index in [1.807, 2.05) is 12.1 Å². The van der Waals surface area contributed by atoms with Crippen molar-refractivity contribution in [2.75, 3.05) is 6.26 Å². The largest absolute Gasteiger partial charge is 0.255 e. The first-order valence-corrected chi connectivity index (χ1v) is 9.08. The van der Waals surface area contributed by atoms with Gasteiger partial charge in [-0.05, 0) is 59.2 Å². The fraction of sp³-hybridized carbons (Fsp3) is 0.263. The molecule has 0 radical (unpaired) electrons. The van der Waals surface area contributed by atoms with Crippen molar-refractivity contribution in [2.45, 2.75) is 30.6 Å². The number of hydrogen-bond acceptors (Lipinski definition) is 1. The molecule has 0 saturated carbocycles. The molecule has 0 fully saturated rings. The highest BCUT2D eigenvalue weighted by molar-refractivity contribution is 7.84. The standard InChI is InChI=1S/C19H18OS/c1-21(20)19-8-4-7-15-17-10-9-13-5-2-3-6-14(13)16(17)11-12-18(15)19/h3-4,6-8,11-12H,2,5,9-10H2,1H3. The molecule has 2 aliphatic rings. The molecule has 2 aromatic carbocycles. The van der Waals surface area contributed by atoms with Gasteiger partial charge < -0.3 is 0 Å². The molecule has 21 heavy (non-hydrogen) atoms. The lowest BCUT2D eigenvalue weighted by Crippen LogP contribution is -2.07. The molecule has 0 bridgehead atoms. The summed E-state index contributed by atoms with van der Waals surface area (Å²) in [7, 11) is -0.938. The summed E-state index contributed by atoms with van der Waals surface area (Å²) in [5, 5.41) is 2.44. The quantitative estimate of drug-likeness (QED) is 0.749. The van der Waals surface area contributed by atoms with Gasteiger partial charge in [0.05, 0.1) is 10.8 Å². The zero-order valence-electron chi connectivity index (χ0n) is 12.2. The van der Waals surface area contributed by atoms with Crippen LogP contribution in [0.1, 0.15) is 30.4 Å². The minimum atomic E-state index is -0.938. The van der Waals surface area contributed by atoms with E-state index in [0.29, 0.717) is 0 Å². The van der Waals surface area contributed by atoms with Gasteiger partial charge in [0, 0.05) is 11.2 Å². The number of fused-ring (bicyclic) bond motifs is 4. The van der Waals surface area contributed by atoms with Crippen LogP contribution in [-0.4, -0.2) is 10.5 Å². The van der Waals surface area contributed by atoms with Crippen LogP contribution < -0.4 is 0 Å². The maximum atomic E-state index is 11.9. The number of aryl methyl sites for hydroxylation is 1. The molecule has 1 unspecified atom stereocenters. The van der Waals surface area contributed by atoms with Gasteiger partial charge in [0.1, 0.15) is 0 Å². The van der Waals surface area contributed by atoms with Crippen LogP contribution in [0.25, 0.3) is 16.3 Å². The van der Waals surface area contributed by atoms with E-state index in [1.54, 1.807) is 11.8 Å². The summed E-state index contributed by atoms with van der Waals surface area (Å²) >= 11 is 0. The molecule has 2 heteroatoms. The second-order valence-electron chi connectivity index (χ2n) is 5.86. The molecule has 0 spiro atoms. The molecule has 2 aromatic rings. The number of hydrogen-bond donors (Lipinski definition) is 0. The van der Waals surface area contributed by atoms with Crippen molar-refractivity contribution >= 4 is 27.1 Å². The van der Waals surface area contributed by atoms with E-state index in [0.717, 1.165) is 16.7 Å². The number of rotatable bonds is 1. The fourth-order valence-electron chi connectivity index (χ4n) is 3.69. The summed E-state index contributed by atoms with van der Waals surface area (Å²) in [5.74, 6) is 0. The Labute approximate surface area is 127 Å². The molecule has 1 nitrogen and oxygen atoms in total. The fourth-order valence-corrected chi connectivity index (χ4v) is 4.45. The normalized spacial score (nSPS) is 18.5. The van der Waals surface area contributed by atoms with Gasteiger partial charge in [0.2, 0.25) is 0 Å². The molecule has 1 atom stereocenters. The summed E-state index contributed by atoms with van der Waals surface area (Å²) in [6, 6.07) is 10.6. The molecule has 0 N–H and O–H groups in total. The predicted octanol–water partition coefficient (Wildman–Crippen LogP) is 4.63. The molecule has 4 rings (SSSR count). The number of allylic oxidation sites excluding steroid dienone is 4. The van der Waals surface area contributed by atoms with Gasteiger partial charge in [-0.25, -0.2) is 0 Å². The maximum Gasteiger partial charge on any atom is 0.0504 e. The van der Waals surface area contributed by atoms with Crippen LogP contribution in [0.3, 0.4) is 0 Å². The van der Waals surface area contributed by atoms with Crippen molar-refractivity contribution in [1.29, 1.82) is 0 Å². The molecule has 0 amide bonds. The summed E-state index contributed by atoms with van der Waals surface area (Å²) in [6.07, 6.45) is 11.0. The van der Waals surface area contributed by atoms with Crippen molar-refractivity contribution in [3.05, 3.63) is 59.2 Å². The predicted molar refractivity (Wildman–Crippen MR) is 89.9 cm³/mol. The van der Waals surface area contributed by atoms with Gasteiger partial charge in [-0.3, -0.25) is 4.21 Å². The minimum Gasteiger partial charge on any atom is -0.255 e. The van der Waals surface area contributed by atoms with Crippen LogP contribution in [0.5, 0.6) is 0 Å². The smallest absolute Gasteiger partial charge is 0.0504 e. The highest BCUT2D eigenvalue weighted by atomic mass is 32.2. The van der Waals surface area contributed by atoms with E-state index in [9.17, 15) is 4.21 Å². The van der Waals surface area contributed by atoms with E-state index >= 15 is 0 Å². The van der Waals surface area contributed by atoms with E-state index in [4.69, 9.17) is 0 Å². The Kier molecular flexibility index (Phi) is 3.07. The molecule has 0 aliphatic heterocycles. The van der Waals surface area contributed by atoms with Crippen LogP contribution in [0.15, 0.2) is 53.0 Å². The minimum absolute atomic E-state index is 0.938. The van der Waals surface area contributed by atoms with Crippen molar-refractivity contribution in [3.8, 4) is 0 Å². The van der Waals surface area contributed by atoms with Crippen molar-refractivity contribution in [1.82, 2.24) is 0 Å². The molecule has 0 heterocycles. The van der Waals surface area contributed by atoms with Gasteiger partial charge in [-0.1, -0.05) is 42.0 Å². The molecule has 0 aromatic heterocycles.